The van der Waals surface area contributed by atoms with Gasteiger partial charge in [-0.2, -0.15) is 0 Å². The average molecular weight is 341 g/mol. The van der Waals surface area contributed by atoms with E-state index in [1.54, 1.807) is 11.0 Å². The number of carbonyl (C=O) groups is 2. The number of rotatable bonds is 3. The number of pyridine rings is 1. The summed E-state index contributed by atoms with van der Waals surface area (Å²) < 4.78 is 0. The van der Waals surface area contributed by atoms with Gasteiger partial charge < -0.3 is 15.2 Å². The second-order valence-corrected chi connectivity index (χ2v) is 6.85. The topological polar surface area (TPSA) is 82.3 Å². The van der Waals surface area contributed by atoms with Crippen LogP contribution in [0.1, 0.15) is 37.0 Å². The Morgan fingerprint density at radius 2 is 2.04 bits per heavy atom. The van der Waals surface area contributed by atoms with Crippen LogP contribution in [0.4, 0.5) is 0 Å². The molecule has 2 aromatic rings. The summed E-state index contributed by atoms with van der Waals surface area (Å²) in [6, 6.07) is 8.61. The van der Waals surface area contributed by atoms with E-state index >= 15 is 0 Å². The van der Waals surface area contributed by atoms with Gasteiger partial charge in [-0.15, -0.1) is 0 Å². The van der Waals surface area contributed by atoms with Crippen LogP contribution in [0.15, 0.2) is 35.1 Å². The van der Waals surface area contributed by atoms with Gasteiger partial charge >= 0.3 is 0 Å². The summed E-state index contributed by atoms with van der Waals surface area (Å²) in [6.07, 6.45) is 1.69. The number of aromatic amines is 1. The molecule has 0 saturated carbocycles. The van der Waals surface area contributed by atoms with Gasteiger partial charge in [-0.3, -0.25) is 14.4 Å². The Balaban J connectivity index is 1.83. The Kier molecular flexibility index (Phi) is 4.88. The van der Waals surface area contributed by atoms with Gasteiger partial charge in [0, 0.05) is 42.0 Å². The van der Waals surface area contributed by atoms with Crippen molar-refractivity contribution < 1.29 is 9.59 Å². The van der Waals surface area contributed by atoms with Crippen molar-refractivity contribution in [3.63, 3.8) is 0 Å². The molecule has 1 aliphatic rings. The van der Waals surface area contributed by atoms with Gasteiger partial charge in [-0.25, -0.2) is 0 Å². The van der Waals surface area contributed by atoms with Crippen molar-refractivity contribution in [2.75, 3.05) is 13.1 Å². The predicted octanol–water partition coefficient (Wildman–Crippen LogP) is 1.90. The van der Waals surface area contributed by atoms with Gasteiger partial charge in [-0.1, -0.05) is 32.0 Å². The molecule has 1 fully saturated rings. The fraction of sp³-hybridized carbons (Fsp3) is 0.421. The lowest BCUT2D eigenvalue weighted by Gasteiger charge is -2.33. The monoisotopic (exact) mass is 341 g/mol. The number of carbonyl (C=O) groups excluding carboxylic acids is 2. The number of benzene rings is 1. The van der Waals surface area contributed by atoms with Gasteiger partial charge in [0.05, 0.1) is 5.56 Å². The molecule has 1 aromatic carbocycles. The Morgan fingerprint density at radius 3 is 2.80 bits per heavy atom. The van der Waals surface area contributed by atoms with Crippen molar-refractivity contribution in [3.05, 3.63) is 46.2 Å². The summed E-state index contributed by atoms with van der Waals surface area (Å²) in [5.41, 5.74) is 0.777. The summed E-state index contributed by atoms with van der Waals surface area (Å²) >= 11 is 0. The van der Waals surface area contributed by atoms with Gasteiger partial charge in [0.15, 0.2) is 0 Å². The molecule has 0 radical (unpaired) electrons. The minimum absolute atomic E-state index is 0.000837. The van der Waals surface area contributed by atoms with E-state index in [1.807, 2.05) is 32.0 Å². The SMILES string of the molecule is CC(C)C(=O)N[C@@H]1CCCN(C(=O)c2cc(=O)[nH]c3ccccc23)C1. The van der Waals surface area contributed by atoms with Crippen LogP contribution < -0.4 is 10.9 Å². The minimum Gasteiger partial charge on any atom is -0.351 e. The Labute approximate surface area is 146 Å². The molecular weight excluding hydrogens is 318 g/mol. The lowest BCUT2D eigenvalue weighted by Crippen LogP contribution is -2.50. The number of hydrogen-bond donors (Lipinski definition) is 2. The number of aromatic nitrogens is 1. The minimum atomic E-state index is -0.288. The number of likely N-dealkylation sites (tertiary alicyclic amines) is 1. The second kappa shape index (κ2) is 7.09. The first-order valence-electron chi connectivity index (χ1n) is 8.67. The van der Waals surface area contributed by atoms with Crippen molar-refractivity contribution in [2.45, 2.75) is 32.7 Å². The quantitative estimate of drug-likeness (QED) is 0.894. The fourth-order valence-electron chi connectivity index (χ4n) is 3.20. The third kappa shape index (κ3) is 3.73. The standard InChI is InChI=1S/C19H23N3O3/c1-12(2)18(24)20-13-6-5-9-22(11-13)19(25)15-10-17(23)21-16-8-4-3-7-14(15)16/h3-4,7-8,10,12-13H,5-6,9,11H2,1-2H3,(H,20,24)(H,21,23)/t13-/m1/s1. The highest BCUT2D eigenvalue weighted by Crippen LogP contribution is 2.19. The van der Waals surface area contributed by atoms with E-state index in [2.05, 4.69) is 10.3 Å². The van der Waals surface area contributed by atoms with Crippen LogP contribution in [0.3, 0.4) is 0 Å². The first-order valence-corrected chi connectivity index (χ1v) is 8.67. The molecule has 2 N–H and O–H groups in total. The normalized spacial score (nSPS) is 17.7. The molecule has 0 bridgehead atoms. The molecule has 132 valence electrons. The predicted molar refractivity (Wildman–Crippen MR) is 96.5 cm³/mol. The van der Waals surface area contributed by atoms with E-state index in [9.17, 15) is 14.4 Å². The van der Waals surface area contributed by atoms with Crippen LogP contribution in [-0.4, -0.2) is 40.8 Å². The van der Waals surface area contributed by atoms with Crippen LogP contribution in [0.2, 0.25) is 0 Å². The van der Waals surface area contributed by atoms with E-state index in [-0.39, 0.29) is 29.3 Å². The van der Waals surface area contributed by atoms with E-state index in [1.165, 1.54) is 6.07 Å². The largest absolute Gasteiger partial charge is 0.351 e. The Bertz CT molecular complexity index is 856. The number of para-hydroxylation sites is 1. The number of fused-ring (bicyclic) bond motifs is 1. The zero-order valence-electron chi connectivity index (χ0n) is 14.5. The van der Waals surface area contributed by atoms with Crippen molar-refractivity contribution >= 4 is 22.7 Å². The number of nitrogens with one attached hydrogen (secondary N) is 2. The molecule has 2 amide bonds. The smallest absolute Gasteiger partial charge is 0.254 e. The van der Waals surface area contributed by atoms with Crippen LogP contribution in [0.25, 0.3) is 10.9 Å². The molecule has 25 heavy (non-hydrogen) atoms. The average Bonchev–Trinajstić information content (AvgIpc) is 2.60. The molecule has 3 rings (SSSR count). The first kappa shape index (κ1) is 17.2. The van der Waals surface area contributed by atoms with E-state index in [4.69, 9.17) is 0 Å². The van der Waals surface area contributed by atoms with E-state index < -0.39 is 0 Å². The number of amides is 2. The molecule has 0 aliphatic carbocycles. The maximum atomic E-state index is 13.0. The van der Waals surface area contributed by atoms with E-state index in [0.717, 1.165) is 18.2 Å². The molecule has 2 heterocycles. The summed E-state index contributed by atoms with van der Waals surface area (Å²) in [7, 11) is 0. The highest BCUT2D eigenvalue weighted by Gasteiger charge is 2.27. The fourth-order valence-corrected chi connectivity index (χ4v) is 3.20. The van der Waals surface area contributed by atoms with Crippen molar-refractivity contribution in [2.24, 2.45) is 5.92 Å². The number of piperidine rings is 1. The Hall–Kier alpha value is -2.63. The molecule has 1 atom stereocenters. The van der Waals surface area contributed by atoms with Crippen molar-refractivity contribution in [3.8, 4) is 0 Å². The molecule has 6 nitrogen and oxygen atoms in total. The summed E-state index contributed by atoms with van der Waals surface area (Å²) in [5.74, 6) is -0.241. The number of H-pyrrole nitrogens is 1. The van der Waals surface area contributed by atoms with Crippen LogP contribution >= 0.6 is 0 Å². The second-order valence-electron chi connectivity index (χ2n) is 6.85. The van der Waals surface area contributed by atoms with Crippen molar-refractivity contribution in [1.82, 2.24) is 15.2 Å². The molecule has 1 aromatic heterocycles. The lowest BCUT2D eigenvalue weighted by molar-refractivity contribution is -0.125. The summed E-state index contributed by atoms with van der Waals surface area (Å²) in [6.45, 7) is 4.80. The third-order valence-electron chi connectivity index (χ3n) is 4.56. The maximum Gasteiger partial charge on any atom is 0.254 e. The van der Waals surface area contributed by atoms with Crippen molar-refractivity contribution in [1.29, 1.82) is 0 Å². The molecule has 0 spiro atoms. The molecule has 1 aliphatic heterocycles. The van der Waals surface area contributed by atoms with Crippen LogP contribution in [-0.2, 0) is 4.79 Å². The summed E-state index contributed by atoms with van der Waals surface area (Å²) in [5, 5.41) is 3.74. The summed E-state index contributed by atoms with van der Waals surface area (Å²) in [4.78, 5) is 41.3. The highest BCUT2D eigenvalue weighted by atomic mass is 16.2. The molecule has 0 unspecified atom stereocenters. The zero-order valence-corrected chi connectivity index (χ0v) is 14.5. The first-order chi connectivity index (χ1) is 12.0. The maximum absolute atomic E-state index is 13.0. The van der Waals surface area contributed by atoms with Gasteiger partial charge in [-0.05, 0) is 18.9 Å². The third-order valence-corrected chi connectivity index (χ3v) is 4.56. The van der Waals surface area contributed by atoms with Gasteiger partial charge in [0.2, 0.25) is 11.5 Å². The van der Waals surface area contributed by atoms with Crippen LogP contribution in [0.5, 0.6) is 0 Å². The number of hydrogen-bond acceptors (Lipinski definition) is 3. The highest BCUT2D eigenvalue weighted by molar-refractivity contribution is 6.06. The van der Waals surface area contributed by atoms with E-state index in [0.29, 0.717) is 24.2 Å². The van der Waals surface area contributed by atoms with Gasteiger partial charge in [0.25, 0.3) is 5.91 Å². The van der Waals surface area contributed by atoms with Gasteiger partial charge in [0.1, 0.15) is 0 Å². The van der Waals surface area contributed by atoms with Crippen LogP contribution in [0, 0.1) is 5.92 Å². The molecule has 6 heteroatoms. The lowest BCUT2D eigenvalue weighted by atomic mass is 10.0. The zero-order chi connectivity index (χ0) is 18.0. The molecular formula is C19H23N3O3. The Morgan fingerprint density at radius 1 is 1.28 bits per heavy atom. The molecule has 1 saturated heterocycles. The number of nitrogens with zero attached hydrogens (tertiary/aromatic N) is 1.